The summed E-state index contributed by atoms with van der Waals surface area (Å²) in [6.07, 6.45) is 0. The largest absolute Gasteiger partial charge is 0.503 e. The summed E-state index contributed by atoms with van der Waals surface area (Å²) >= 11 is 5.74. The van der Waals surface area contributed by atoms with E-state index in [0.717, 1.165) is 0 Å². The zero-order valence-corrected chi connectivity index (χ0v) is 9.43. The highest BCUT2D eigenvalue weighted by Gasteiger charge is 2.15. The second-order valence-electron chi connectivity index (χ2n) is 3.51. The summed E-state index contributed by atoms with van der Waals surface area (Å²) in [4.78, 5) is 21.5. The lowest BCUT2D eigenvalue weighted by Gasteiger charge is -2.06. The van der Waals surface area contributed by atoms with Gasteiger partial charge in [-0.05, 0) is 12.1 Å². The van der Waals surface area contributed by atoms with Gasteiger partial charge in [0.05, 0.1) is 10.4 Å². The Hall–Kier alpha value is -2.08. The van der Waals surface area contributed by atoms with Gasteiger partial charge < -0.3 is 9.67 Å². The van der Waals surface area contributed by atoms with Crippen LogP contribution >= 0.6 is 11.6 Å². The summed E-state index contributed by atoms with van der Waals surface area (Å²) in [5, 5.41) is 20.4. The maximum atomic E-state index is 11.4. The van der Waals surface area contributed by atoms with Crippen LogP contribution in [0.25, 0.3) is 10.9 Å². The first-order valence-corrected chi connectivity index (χ1v) is 4.96. The second kappa shape index (κ2) is 3.74. The number of rotatable bonds is 1. The Kier molecular flexibility index (Phi) is 2.51. The molecule has 0 fully saturated rings. The molecule has 0 aliphatic carbocycles. The normalized spacial score (nSPS) is 10.7. The lowest BCUT2D eigenvalue weighted by molar-refractivity contribution is -0.384. The van der Waals surface area contributed by atoms with Crippen LogP contribution in [0.4, 0.5) is 5.69 Å². The monoisotopic (exact) mass is 254 g/mol. The number of nitrogens with zero attached hydrogens (tertiary/aromatic N) is 2. The molecule has 0 unspecified atom stereocenters. The summed E-state index contributed by atoms with van der Waals surface area (Å²) in [7, 11) is 1.45. The first-order valence-electron chi connectivity index (χ1n) is 4.58. The number of hydrogen-bond acceptors (Lipinski definition) is 4. The third-order valence-electron chi connectivity index (χ3n) is 2.47. The molecule has 1 N–H and O–H groups in total. The zero-order valence-electron chi connectivity index (χ0n) is 8.68. The van der Waals surface area contributed by atoms with Crippen LogP contribution in [-0.4, -0.2) is 14.6 Å². The summed E-state index contributed by atoms with van der Waals surface area (Å²) in [6.45, 7) is 0. The quantitative estimate of drug-likeness (QED) is 0.621. The summed E-state index contributed by atoms with van der Waals surface area (Å²) in [5.74, 6) is -0.461. The number of aromatic nitrogens is 1. The first kappa shape index (κ1) is 11.4. The number of nitro groups is 1. The number of nitro benzene ring substituents is 1. The van der Waals surface area contributed by atoms with E-state index in [9.17, 15) is 20.0 Å². The van der Waals surface area contributed by atoms with E-state index in [-0.39, 0.29) is 10.7 Å². The molecule has 7 heteroatoms. The SMILES string of the molecule is Cn1c(=O)c(O)cc2cc([N+](=O)[O-])c(Cl)cc21. The van der Waals surface area contributed by atoms with Crippen LogP contribution in [0.5, 0.6) is 5.75 Å². The molecule has 17 heavy (non-hydrogen) atoms. The molecule has 0 radical (unpaired) electrons. The van der Waals surface area contributed by atoms with Gasteiger partial charge in [0.25, 0.3) is 11.2 Å². The Labute approximate surface area is 99.8 Å². The Morgan fingerprint density at radius 3 is 2.65 bits per heavy atom. The fraction of sp³-hybridized carbons (Fsp3) is 0.100. The summed E-state index contributed by atoms with van der Waals surface area (Å²) < 4.78 is 1.18. The fourth-order valence-electron chi connectivity index (χ4n) is 1.60. The maximum Gasteiger partial charge on any atom is 0.292 e. The molecule has 2 aromatic rings. The molecule has 0 aliphatic rings. The van der Waals surface area contributed by atoms with E-state index in [2.05, 4.69) is 0 Å². The van der Waals surface area contributed by atoms with Crippen molar-refractivity contribution in [3.63, 3.8) is 0 Å². The molecule has 6 nitrogen and oxygen atoms in total. The molecule has 1 aromatic carbocycles. The predicted molar refractivity (Wildman–Crippen MR) is 62.5 cm³/mol. The van der Waals surface area contributed by atoms with Crippen LogP contribution < -0.4 is 5.56 Å². The van der Waals surface area contributed by atoms with E-state index in [0.29, 0.717) is 10.9 Å². The van der Waals surface area contributed by atoms with Crippen LogP contribution in [0.1, 0.15) is 0 Å². The molecular weight excluding hydrogens is 248 g/mol. The molecule has 1 heterocycles. The van der Waals surface area contributed by atoms with Gasteiger partial charge in [0, 0.05) is 18.5 Å². The molecule has 0 atom stereocenters. The summed E-state index contributed by atoms with van der Waals surface area (Å²) in [6, 6.07) is 3.73. The Bertz CT molecular complexity index is 693. The topological polar surface area (TPSA) is 85.4 Å². The smallest absolute Gasteiger partial charge is 0.292 e. The van der Waals surface area contributed by atoms with E-state index < -0.39 is 16.2 Å². The van der Waals surface area contributed by atoms with Gasteiger partial charge in [-0.15, -0.1) is 0 Å². The first-order chi connectivity index (χ1) is 7.91. The van der Waals surface area contributed by atoms with Crippen molar-refractivity contribution < 1.29 is 10.0 Å². The van der Waals surface area contributed by atoms with Gasteiger partial charge in [-0.25, -0.2) is 0 Å². The van der Waals surface area contributed by atoms with Crippen LogP contribution in [-0.2, 0) is 7.05 Å². The number of fused-ring (bicyclic) bond motifs is 1. The Balaban J connectivity index is 2.93. The maximum absolute atomic E-state index is 11.4. The van der Waals surface area contributed by atoms with Crippen LogP contribution in [0.15, 0.2) is 23.0 Å². The van der Waals surface area contributed by atoms with Crippen molar-refractivity contribution in [3.05, 3.63) is 43.7 Å². The highest BCUT2D eigenvalue weighted by atomic mass is 35.5. The number of pyridine rings is 1. The molecule has 0 saturated carbocycles. The molecule has 1 aromatic heterocycles. The fourth-order valence-corrected chi connectivity index (χ4v) is 1.83. The minimum absolute atomic E-state index is 0.0526. The average molecular weight is 255 g/mol. The highest BCUT2D eigenvalue weighted by Crippen LogP contribution is 2.29. The molecule has 0 bridgehead atoms. The van der Waals surface area contributed by atoms with Gasteiger partial charge in [0.15, 0.2) is 5.75 Å². The minimum atomic E-state index is -0.621. The Morgan fingerprint density at radius 2 is 2.06 bits per heavy atom. The zero-order chi connectivity index (χ0) is 12.7. The third-order valence-corrected chi connectivity index (χ3v) is 2.77. The van der Waals surface area contributed by atoms with Crippen LogP contribution in [0.3, 0.4) is 0 Å². The van der Waals surface area contributed by atoms with Crippen LogP contribution in [0, 0.1) is 10.1 Å². The lowest BCUT2D eigenvalue weighted by atomic mass is 10.2. The molecule has 2 rings (SSSR count). The van der Waals surface area contributed by atoms with E-state index in [1.54, 1.807) is 0 Å². The Morgan fingerprint density at radius 1 is 1.41 bits per heavy atom. The van der Waals surface area contributed by atoms with Gasteiger partial charge in [-0.1, -0.05) is 11.6 Å². The van der Waals surface area contributed by atoms with Gasteiger partial charge in [0.1, 0.15) is 5.02 Å². The van der Waals surface area contributed by atoms with Crippen molar-refractivity contribution in [2.24, 2.45) is 7.05 Å². The van der Waals surface area contributed by atoms with E-state index in [1.807, 2.05) is 0 Å². The molecular formula is C10H7ClN2O4. The molecule has 0 spiro atoms. The second-order valence-corrected chi connectivity index (χ2v) is 3.92. The number of aromatic hydroxyl groups is 1. The van der Waals surface area contributed by atoms with Gasteiger partial charge in [-0.3, -0.25) is 14.9 Å². The highest BCUT2D eigenvalue weighted by molar-refractivity contribution is 6.33. The molecule has 0 aliphatic heterocycles. The number of aryl methyl sites for hydroxylation is 1. The van der Waals surface area contributed by atoms with Crippen molar-refractivity contribution in [1.29, 1.82) is 0 Å². The predicted octanol–water partition coefficient (Wildman–Crippen LogP) is 1.81. The third kappa shape index (κ3) is 1.72. The molecule has 88 valence electrons. The van der Waals surface area contributed by atoms with E-state index in [1.165, 1.54) is 29.8 Å². The average Bonchev–Trinajstić information content (AvgIpc) is 2.26. The van der Waals surface area contributed by atoms with E-state index in [4.69, 9.17) is 11.6 Å². The van der Waals surface area contributed by atoms with E-state index >= 15 is 0 Å². The van der Waals surface area contributed by atoms with Gasteiger partial charge in [0.2, 0.25) is 0 Å². The van der Waals surface area contributed by atoms with Crippen molar-refractivity contribution in [2.45, 2.75) is 0 Å². The van der Waals surface area contributed by atoms with Crippen molar-refractivity contribution in [2.75, 3.05) is 0 Å². The van der Waals surface area contributed by atoms with Crippen molar-refractivity contribution in [1.82, 2.24) is 4.57 Å². The van der Waals surface area contributed by atoms with Gasteiger partial charge >= 0.3 is 0 Å². The van der Waals surface area contributed by atoms with Gasteiger partial charge in [-0.2, -0.15) is 0 Å². The van der Waals surface area contributed by atoms with Crippen molar-refractivity contribution in [3.8, 4) is 5.75 Å². The van der Waals surface area contributed by atoms with Crippen molar-refractivity contribution >= 4 is 28.2 Å². The number of hydrogen-bond donors (Lipinski definition) is 1. The number of halogens is 1. The lowest BCUT2D eigenvalue weighted by Crippen LogP contribution is -2.16. The minimum Gasteiger partial charge on any atom is -0.503 e. The molecule has 0 amide bonds. The number of benzene rings is 1. The standard InChI is InChI=1S/C10H7ClN2O4/c1-12-7-4-6(11)8(13(16)17)2-5(7)3-9(14)10(12)15/h2-4,14H,1H3. The molecule has 0 saturated heterocycles. The van der Waals surface area contributed by atoms with Crippen LogP contribution in [0.2, 0.25) is 5.02 Å². The summed E-state index contributed by atoms with van der Waals surface area (Å²) in [5.41, 5.74) is -0.428.